The Morgan fingerprint density at radius 2 is 1.12 bits per heavy atom. The Kier molecular flexibility index (Phi) is 25.5. The first-order valence-electron chi connectivity index (χ1n) is 0.698. The van der Waals surface area contributed by atoms with Gasteiger partial charge in [0.1, 0.15) is 0 Å². The predicted molar refractivity (Wildman–Crippen MR) is 40.4 cm³/mol. The van der Waals surface area contributed by atoms with Gasteiger partial charge < -0.3 is 0 Å². The first kappa shape index (κ1) is 22.5. The molecule has 4 nitrogen and oxygen atoms in total. The van der Waals surface area contributed by atoms with Crippen molar-refractivity contribution in [3.05, 3.63) is 0 Å². The van der Waals surface area contributed by atoms with Crippen molar-refractivity contribution >= 4 is 85.2 Å². The second-order valence-electron chi connectivity index (χ2n) is 0.448. The molecule has 0 saturated heterocycles. The number of rotatable bonds is 0. The molecule has 0 aliphatic heterocycles. The maximum atomic E-state index is 8.74. The zero-order valence-corrected chi connectivity index (χ0v) is 5.66. The topological polar surface area (TPSA) is 74.6 Å². The normalized spacial score (nSPS) is 7.25. The molecule has 0 aliphatic carbocycles. The average molecular weight is 308 g/mol. The van der Waals surface area contributed by atoms with Crippen LogP contribution in [0.15, 0.2) is 0 Å². The molecule has 8 heteroatoms. The zero-order chi connectivity index (χ0) is 4.50. The van der Waals surface area contributed by atoms with Crippen molar-refractivity contribution < 1.29 is 17.5 Å². The Morgan fingerprint density at radius 1 is 1.12 bits per heavy atom. The summed E-state index contributed by atoms with van der Waals surface area (Å²) in [5, 5.41) is 0. The van der Waals surface area contributed by atoms with Crippen LogP contribution < -0.4 is 0 Å². The molecular formula is H7BaClO4S2. The SMILES string of the molecule is Cl.O=S(=O)(O)O.S.[BaH2]. The van der Waals surface area contributed by atoms with Crippen LogP contribution in [-0.2, 0) is 10.4 Å². The van der Waals surface area contributed by atoms with Gasteiger partial charge in [-0.3, -0.25) is 9.11 Å². The van der Waals surface area contributed by atoms with E-state index in [0.29, 0.717) is 0 Å². The minimum absolute atomic E-state index is 0. The van der Waals surface area contributed by atoms with Gasteiger partial charge in [0, 0.05) is 0 Å². The second kappa shape index (κ2) is 9.08. The van der Waals surface area contributed by atoms with Gasteiger partial charge in [-0.1, -0.05) is 0 Å². The van der Waals surface area contributed by atoms with E-state index >= 15 is 0 Å². The summed E-state index contributed by atoms with van der Waals surface area (Å²) in [5.74, 6) is 0. The van der Waals surface area contributed by atoms with E-state index in [1.807, 2.05) is 0 Å². The molecule has 0 spiro atoms. The fraction of sp³-hybridized carbons (Fsp3) is 0. The van der Waals surface area contributed by atoms with Crippen molar-refractivity contribution in [1.82, 2.24) is 0 Å². The fourth-order valence-electron chi connectivity index (χ4n) is 0. The van der Waals surface area contributed by atoms with Crippen LogP contribution >= 0.6 is 25.9 Å². The Hall–Kier alpha value is 2.08. The monoisotopic (exact) mass is 308 g/mol. The zero-order valence-electron chi connectivity index (χ0n) is 3.03. The molecule has 2 N–H and O–H groups in total. The van der Waals surface area contributed by atoms with Gasteiger partial charge in [0.2, 0.25) is 0 Å². The van der Waals surface area contributed by atoms with Crippen LogP contribution in [0.1, 0.15) is 0 Å². The summed E-state index contributed by atoms with van der Waals surface area (Å²) in [6, 6.07) is 0. The van der Waals surface area contributed by atoms with Crippen LogP contribution in [0.4, 0.5) is 0 Å². The third-order valence-electron chi connectivity index (χ3n) is 0. The summed E-state index contributed by atoms with van der Waals surface area (Å²) < 4.78 is 31.6. The molecule has 52 valence electrons. The summed E-state index contributed by atoms with van der Waals surface area (Å²) in [5.41, 5.74) is 0. The molecule has 0 radical (unpaired) electrons. The summed E-state index contributed by atoms with van der Waals surface area (Å²) in [7, 11) is -4.67. The quantitative estimate of drug-likeness (QED) is 0.443. The van der Waals surface area contributed by atoms with Gasteiger partial charge >= 0.3 is 59.3 Å². The number of halogens is 1. The third-order valence-corrected chi connectivity index (χ3v) is 0. The third kappa shape index (κ3) is 93.5. The molecule has 0 aliphatic rings. The van der Waals surface area contributed by atoms with Gasteiger partial charge in [-0.2, -0.15) is 21.9 Å². The molecule has 0 saturated carbocycles. The first-order chi connectivity index (χ1) is 2.00. The van der Waals surface area contributed by atoms with Gasteiger partial charge in [0.05, 0.1) is 0 Å². The average Bonchev–Trinajstić information content (AvgIpc) is 0.722. The summed E-state index contributed by atoms with van der Waals surface area (Å²) in [6.07, 6.45) is 0. The van der Waals surface area contributed by atoms with Crippen LogP contribution in [0, 0.1) is 0 Å². The molecule has 0 heterocycles. The van der Waals surface area contributed by atoms with E-state index in [4.69, 9.17) is 17.5 Å². The van der Waals surface area contributed by atoms with E-state index in [9.17, 15) is 0 Å². The van der Waals surface area contributed by atoms with Crippen molar-refractivity contribution in [2.24, 2.45) is 0 Å². The summed E-state index contributed by atoms with van der Waals surface area (Å²) >= 11 is 0. The molecule has 0 unspecified atom stereocenters. The van der Waals surface area contributed by atoms with Crippen LogP contribution in [0.3, 0.4) is 0 Å². The van der Waals surface area contributed by atoms with Crippen molar-refractivity contribution in [2.75, 3.05) is 0 Å². The molecular weight excluding hydrogens is 301 g/mol. The van der Waals surface area contributed by atoms with Crippen molar-refractivity contribution in [1.29, 1.82) is 0 Å². The molecule has 8 heavy (non-hydrogen) atoms. The number of hydrogen-bond acceptors (Lipinski definition) is 2. The molecule has 0 fully saturated rings. The van der Waals surface area contributed by atoms with Crippen molar-refractivity contribution in [3.63, 3.8) is 0 Å². The maximum absolute atomic E-state index is 8.74. The van der Waals surface area contributed by atoms with Crippen LogP contribution in [0.2, 0.25) is 0 Å². The van der Waals surface area contributed by atoms with Crippen LogP contribution in [0.25, 0.3) is 0 Å². The molecule has 0 aromatic carbocycles. The van der Waals surface area contributed by atoms with Gasteiger partial charge in [0.25, 0.3) is 0 Å². The molecule has 0 rings (SSSR count). The van der Waals surface area contributed by atoms with Gasteiger partial charge in [-0.15, -0.1) is 12.4 Å². The van der Waals surface area contributed by atoms with Crippen molar-refractivity contribution in [3.8, 4) is 0 Å². The van der Waals surface area contributed by atoms with E-state index in [2.05, 4.69) is 0 Å². The van der Waals surface area contributed by atoms with Gasteiger partial charge in [0.15, 0.2) is 0 Å². The predicted octanol–water partition coefficient (Wildman–Crippen LogP) is -1.03. The summed E-state index contributed by atoms with van der Waals surface area (Å²) in [6.45, 7) is 0. The molecule has 0 bridgehead atoms. The van der Waals surface area contributed by atoms with Gasteiger partial charge in [-0.25, -0.2) is 0 Å². The minimum atomic E-state index is -4.67. The Balaban J connectivity index is -0.0000000267. The van der Waals surface area contributed by atoms with E-state index in [1.165, 1.54) is 0 Å². The van der Waals surface area contributed by atoms with Crippen molar-refractivity contribution in [2.45, 2.75) is 0 Å². The van der Waals surface area contributed by atoms with Gasteiger partial charge in [-0.05, 0) is 0 Å². The Morgan fingerprint density at radius 3 is 1.12 bits per heavy atom. The van der Waals surface area contributed by atoms with Crippen LogP contribution in [0.5, 0.6) is 0 Å². The van der Waals surface area contributed by atoms with Crippen LogP contribution in [-0.4, -0.2) is 66.4 Å². The first-order valence-corrected chi connectivity index (χ1v) is 2.10. The molecule has 0 amide bonds. The van der Waals surface area contributed by atoms with E-state index in [1.54, 1.807) is 0 Å². The fourth-order valence-corrected chi connectivity index (χ4v) is 0. The van der Waals surface area contributed by atoms with E-state index < -0.39 is 10.4 Å². The standard InChI is InChI=1S/Ba.ClH.H2O4S.H2S.2H/c;;1-5(2,3)4;;;/h;1H;(H2,1,2,3,4);1H2;;. The summed E-state index contributed by atoms with van der Waals surface area (Å²) in [4.78, 5) is 0. The van der Waals surface area contributed by atoms with E-state index in [0.717, 1.165) is 0 Å². The molecule has 0 aromatic heterocycles. The molecule has 0 aromatic rings. The Labute approximate surface area is 101 Å². The molecule has 0 atom stereocenters. The van der Waals surface area contributed by atoms with E-state index in [-0.39, 0.29) is 74.8 Å². The number of hydrogen-bond donors (Lipinski definition) is 2. The second-order valence-corrected chi connectivity index (χ2v) is 1.34. The Bertz CT molecular complexity index is 97.2.